The number of rotatable bonds is 20. The van der Waals surface area contributed by atoms with Crippen LogP contribution in [0.25, 0.3) is 31.3 Å². The zero-order valence-electron chi connectivity index (χ0n) is 61.9. The van der Waals surface area contributed by atoms with E-state index in [1.165, 1.54) is 34.9 Å². The summed E-state index contributed by atoms with van der Waals surface area (Å²) >= 11 is 3.41. The van der Waals surface area contributed by atoms with Crippen LogP contribution < -0.4 is 31.9 Å². The number of likely N-dealkylation sites (tertiary alicyclic amines) is 3. The fourth-order valence-corrected chi connectivity index (χ4v) is 16.9. The first-order valence-electron chi connectivity index (χ1n) is 36.9. The van der Waals surface area contributed by atoms with Crippen molar-refractivity contribution in [3.63, 3.8) is 0 Å². The van der Waals surface area contributed by atoms with Crippen LogP contribution >= 0.6 is 34.0 Å². The van der Waals surface area contributed by atoms with E-state index in [2.05, 4.69) is 103 Å². The molecule has 24 nitrogen and oxygen atoms in total. The molecular formula is C75H103F2N15O9S3. The Labute approximate surface area is 620 Å². The predicted octanol–water partition coefficient (Wildman–Crippen LogP) is 12.9. The van der Waals surface area contributed by atoms with Gasteiger partial charge in [0, 0.05) is 122 Å². The summed E-state index contributed by atoms with van der Waals surface area (Å²) in [7, 11) is 0. The van der Waals surface area contributed by atoms with Crippen molar-refractivity contribution in [3.05, 3.63) is 85.6 Å². The van der Waals surface area contributed by atoms with Crippen molar-refractivity contribution in [2.45, 2.75) is 258 Å². The third kappa shape index (κ3) is 19.5. The molecule has 0 bridgehead atoms. The molecule has 0 unspecified atom stereocenters. The first-order valence-corrected chi connectivity index (χ1v) is 39.4. The minimum atomic E-state index is -2.83. The fraction of sp³-hybridized carbons (Fsp3) is 0.600. The number of pyridine rings is 3. The first kappa shape index (κ1) is 78.9. The molecule has 6 aliphatic rings. The summed E-state index contributed by atoms with van der Waals surface area (Å²) in [5.41, 5.74) is 3.67. The van der Waals surface area contributed by atoms with Crippen LogP contribution in [0.4, 0.5) is 26.2 Å². The summed E-state index contributed by atoms with van der Waals surface area (Å²) in [4.78, 5) is 114. The number of carbonyl (C=O) groups excluding carboxylic acids is 6. The van der Waals surface area contributed by atoms with Crippen LogP contribution in [0.15, 0.2) is 36.8 Å². The van der Waals surface area contributed by atoms with Crippen molar-refractivity contribution < 1.29 is 52.5 Å². The Bertz CT molecular complexity index is 3880. The quantitative estimate of drug-likeness (QED) is 0.0352. The van der Waals surface area contributed by atoms with Crippen molar-refractivity contribution >= 4 is 86.9 Å². The van der Waals surface area contributed by atoms with E-state index in [-0.39, 0.29) is 103 Å². The molecule has 0 aromatic carbocycles. The van der Waals surface area contributed by atoms with Crippen molar-refractivity contribution in [1.29, 1.82) is 0 Å². The van der Waals surface area contributed by atoms with Crippen LogP contribution in [0.5, 0.6) is 0 Å². The summed E-state index contributed by atoms with van der Waals surface area (Å²) in [5.74, 6) is 0.210. The molecule has 104 heavy (non-hydrogen) atoms. The van der Waals surface area contributed by atoms with E-state index in [1.54, 1.807) is 17.3 Å². The third-order valence-electron chi connectivity index (χ3n) is 20.2. The first-order chi connectivity index (χ1) is 49.6. The molecule has 0 radical (unpaired) electrons. The molecule has 6 fully saturated rings. The van der Waals surface area contributed by atoms with Gasteiger partial charge in [0.15, 0.2) is 15.0 Å². The number of thiazole rings is 3. The molecular weight excluding hydrogens is 1390 g/mol. The van der Waals surface area contributed by atoms with E-state index in [1.807, 2.05) is 63.5 Å². The number of aliphatic hydroxyl groups is 2. The Morgan fingerprint density at radius 2 is 0.981 bits per heavy atom. The second kappa shape index (κ2) is 35.1. The Morgan fingerprint density at radius 1 is 0.558 bits per heavy atom. The standard InChI is InChI=1S/C25H33F2N5O3S.2C25H35N5O3S/c1-13-7-6-10-32(13)24(35)19-20(36-23(30-19)22(34)29-16-8-5-9-17(16)33)15-12-28-18(31-25(2,3)4)11-14(15)21(26)27;1-5-16(3)27-20-13-15(2)19(14-26-20)22-21(25(32)30-10-6-7-17(30)4)29-24(34-22)23(31)28-18-8-11-33-12-9-18;1-5-15(3)27-20-11-14(2)19(13-26-20)22-21(25(33)30-10-6-7-16(30)4)29-24(34-22)23(32)28-17-8-9-18(31)12-17/h11-13,16-17,21,33H,5-10H2,1-4H3,(H,28,31)(H,29,34);13-14,16-18H,5-12H2,1-4H3,(H,26,27)(H,28,31);11,13,15-18,31H,5-10,12H2,1-4H3,(H,26,27)(H,28,32)/t13-,16+,17+;16-,17+;15-,16+,17+,18+/m011/s1. The highest BCUT2D eigenvalue weighted by molar-refractivity contribution is 7.18. The van der Waals surface area contributed by atoms with E-state index in [9.17, 15) is 47.8 Å². The number of hydrogen-bond donors (Lipinski definition) is 8. The number of alkyl halides is 2. The Morgan fingerprint density at radius 3 is 1.36 bits per heavy atom. The topological polar surface area (TPSA) is 311 Å². The Balaban J connectivity index is 0.000000168. The second-order valence-corrected chi connectivity index (χ2v) is 32.6. The van der Waals surface area contributed by atoms with E-state index in [4.69, 9.17) is 4.74 Å². The maximum Gasteiger partial charge on any atom is 0.280 e. The lowest BCUT2D eigenvalue weighted by atomic mass is 10.1. The van der Waals surface area contributed by atoms with E-state index in [0.29, 0.717) is 96.0 Å². The van der Waals surface area contributed by atoms with Crippen molar-refractivity contribution in [2.24, 2.45) is 0 Å². The molecule has 9 atom stereocenters. The van der Waals surface area contributed by atoms with Gasteiger partial charge in [0.05, 0.1) is 32.9 Å². The smallest absolute Gasteiger partial charge is 0.280 e. The molecule has 29 heteroatoms. The van der Waals surface area contributed by atoms with E-state index in [0.717, 1.165) is 129 Å². The lowest BCUT2D eigenvalue weighted by molar-refractivity contribution is 0.0694. The number of nitrogens with zero attached hydrogens (tertiary/aromatic N) is 9. The average molecular weight is 1490 g/mol. The van der Waals surface area contributed by atoms with Crippen LogP contribution in [-0.2, 0) is 4.74 Å². The second-order valence-electron chi connectivity index (χ2n) is 29.6. The van der Waals surface area contributed by atoms with Gasteiger partial charge in [0.2, 0.25) is 0 Å². The van der Waals surface area contributed by atoms with Gasteiger partial charge in [-0.3, -0.25) is 28.8 Å². The summed E-state index contributed by atoms with van der Waals surface area (Å²) in [5, 5.41) is 39.2. The van der Waals surface area contributed by atoms with Gasteiger partial charge in [-0.2, -0.15) is 0 Å². The number of aromatic nitrogens is 6. The maximum atomic E-state index is 14.2. The lowest BCUT2D eigenvalue weighted by Crippen LogP contribution is -2.40. The number of aliphatic hydroxyl groups excluding tert-OH is 2. The van der Waals surface area contributed by atoms with Crippen LogP contribution in [-0.4, -0.2) is 189 Å². The highest BCUT2D eigenvalue weighted by Gasteiger charge is 2.38. The largest absolute Gasteiger partial charge is 0.393 e. The summed E-state index contributed by atoms with van der Waals surface area (Å²) < 4.78 is 33.8. The van der Waals surface area contributed by atoms with Gasteiger partial charge in [-0.05, 0) is 201 Å². The molecule has 2 saturated carbocycles. The molecule has 4 aliphatic heterocycles. The lowest BCUT2D eigenvalue weighted by Gasteiger charge is -2.23. The molecule has 10 heterocycles. The van der Waals surface area contributed by atoms with Crippen LogP contribution in [0.2, 0.25) is 0 Å². The predicted molar refractivity (Wildman–Crippen MR) is 403 cm³/mol. The number of hydrogen-bond acceptors (Lipinski definition) is 21. The molecule has 6 amide bonds. The number of carbonyl (C=O) groups is 6. The molecule has 4 saturated heterocycles. The number of amides is 6. The molecule has 2 aliphatic carbocycles. The monoisotopic (exact) mass is 1490 g/mol. The van der Waals surface area contributed by atoms with Gasteiger partial charge >= 0.3 is 0 Å². The van der Waals surface area contributed by atoms with Crippen LogP contribution in [0.1, 0.15) is 256 Å². The molecule has 564 valence electrons. The summed E-state index contributed by atoms with van der Waals surface area (Å²) in [6.07, 6.45) is 14.2. The van der Waals surface area contributed by atoms with Crippen molar-refractivity contribution in [2.75, 3.05) is 48.8 Å². The fourth-order valence-electron chi connectivity index (χ4n) is 13.9. The normalized spacial score (nSPS) is 21.8. The number of ether oxygens (including phenoxy) is 1. The zero-order chi connectivity index (χ0) is 74.8. The van der Waals surface area contributed by atoms with Gasteiger partial charge < -0.3 is 61.6 Å². The molecule has 6 aromatic heterocycles. The van der Waals surface area contributed by atoms with Gasteiger partial charge in [-0.1, -0.05) is 13.8 Å². The van der Waals surface area contributed by atoms with Crippen LogP contribution in [0.3, 0.4) is 0 Å². The average Bonchev–Trinajstić information content (AvgIpc) is 1.78. The minimum absolute atomic E-state index is 0.00332. The summed E-state index contributed by atoms with van der Waals surface area (Å²) in [6.45, 7) is 27.5. The Kier molecular flexibility index (Phi) is 26.6. The van der Waals surface area contributed by atoms with E-state index < -0.39 is 24.5 Å². The molecule has 0 spiro atoms. The van der Waals surface area contributed by atoms with Crippen molar-refractivity contribution in [3.8, 4) is 31.3 Å². The third-order valence-corrected chi connectivity index (χ3v) is 23.5. The minimum Gasteiger partial charge on any atom is -0.393 e. The number of aryl methyl sites for hydroxylation is 2. The Hall–Kier alpha value is -7.70. The zero-order valence-corrected chi connectivity index (χ0v) is 64.4. The van der Waals surface area contributed by atoms with Crippen LogP contribution in [0, 0.1) is 13.8 Å². The van der Waals surface area contributed by atoms with Gasteiger partial charge in [-0.25, -0.2) is 38.7 Å². The van der Waals surface area contributed by atoms with Gasteiger partial charge in [0.1, 0.15) is 34.5 Å². The highest BCUT2D eigenvalue weighted by atomic mass is 32.1. The van der Waals surface area contributed by atoms with E-state index >= 15 is 0 Å². The highest BCUT2D eigenvalue weighted by Crippen LogP contribution is 2.41. The molecule has 6 aromatic rings. The van der Waals surface area contributed by atoms with Gasteiger partial charge in [0.25, 0.3) is 41.9 Å². The maximum absolute atomic E-state index is 14.2. The van der Waals surface area contributed by atoms with Gasteiger partial charge in [-0.15, -0.1) is 34.0 Å². The summed E-state index contributed by atoms with van der Waals surface area (Å²) in [6, 6.07) is 5.80. The number of nitrogens with one attached hydrogen (secondary N) is 6. The van der Waals surface area contributed by atoms with Crippen molar-refractivity contribution in [1.82, 2.24) is 60.6 Å². The molecule has 8 N–H and O–H groups in total. The molecule has 12 rings (SSSR count). The number of halogens is 2. The number of anilines is 3. The SMILES string of the molecule is CC[C@@H](C)Nc1cc(C)c(-c2sc(C(=O)NC3CCOCC3)nc2C(=O)N2CCC[C@@H]2C)cn1.CC[C@@H](C)Nc1cc(C)c(-c2sc(C(=O)N[C@H]3CC[C@H](O)C3)nc2C(=O)N2CCC[C@@H]2C)cn1.C[C@H]1CCCN1C(=O)c1nc(C(=O)N[C@@H]2CCC[C@H]2O)sc1-c1cnc(NC(C)(C)C)cc1C(F)F.